The van der Waals surface area contributed by atoms with Gasteiger partial charge in [-0.2, -0.15) is 0 Å². The summed E-state index contributed by atoms with van der Waals surface area (Å²) < 4.78 is 0. The van der Waals surface area contributed by atoms with Crippen LogP contribution in [0.1, 0.15) is 5.56 Å². The van der Waals surface area contributed by atoms with Crippen molar-refractivity contribution in [3.05, 3.63) is 64.1 Å². The van der Waals surface area contributed by atoms with Crippen molar-refractivity contribution in [2.24, 2.45) is 5.10 Å². The van der Waals surface area contributed by atoms with E-state index in [1.54, 1.807) is 23.1 Å². The standard InChI is InChI=1S/C18H16Cl2N4O2S/c19-13-6-7-14(20)15(8-13)21-9-16(25)22-23-18-24(17(26)11-27-18)10-12-4-2-1-3-5-12/h1-8,21H,9-11H2,(H,22,25)/b23-18+. The number of carbonyl (C=O) groups is 2. The fraction of sp³-hybridized carbons (Fsp3) is 0.167. The summed E-state index contributed by atoms with van der Waals surface area (Å²) >= 11 is 13.3. The van der Waals surface area contributed by atoms with Crippen molar-refractivity contribution in [3.63, 3.8) is 0 Å². The molecule has 1 aliphatic heterocycles. The quantitative estimate of drug-likeness (QED) is 0.697. The third-order valence-electron chi connectivity index (χ3n) is 3.68. The molecule has 1 aliphatic rings. The molecule has 6 nitrogen and oxygen atoms in total. The SMILES string of the molecule is O=C(CNc1cc(Cl)ccc1Cl)N/N=C1/SCC(=O)N1Cc1ccccc1. The van der Waals surface area contributed by atoms with E-state index in [2.05, 4.69) is 15.8 Å². The Hall–Kier alpha value is -2.22. The van der Waals surface area contributed by atoms with E-state index in [9.17, 15) is 9.59 Å². The maximum absolute atomic E-state index is 12.1. The van der Waals surface area contributed by atoms with E-state index in [4.69, 9.17) is 23.2 Å². The highest BCUT2D eigenvalue weighted by Crippen LogP contribution is 2.25. The lowest BCUT2D eigenvalue weighted by molar-refractivity contribution is -0.124. The van der Waals surface area contributed by atoms with Gasteiger partial charge < -0.3 is 5.32 Å². The van der Waals surface area contributed by atoms with Crippen LogP contribution in [0.3, 0.4) is 0 Å². The van der Waals surface area contributed by atoms with E-state index < -0.39 is 0 Å². The van der Waals surface area contributed by atoms with Crippen molar-refractivity contribution in [1.82, 2.24) is 10.3 Å². The van der Waals surface area contributed by atoms with Gasteiger partial charge in [-0.1, -0.05) is 65.3 Å². The van der Waals surface area contributed by atoms with Crippen LogP contribution in [0.25, 0.3) is 0 Å². The number of thioether (sulfide) groups is 1. The summed E-state index contributed by atoms with van der Waals surface area (Å²) in [6.45, 7) is 0.381. The molecule has 0 bridgehead atoms. The van der Waals surface area contributed by atoms with Gasteiger partial charge in [0.1, 0.15) is 0 Å². The van der Waals surface area contributed by atoms with Gasteiger partial charge in [0.25, 0.3) is 5.91 Å². The highest BCUT2D eigenvalue weighted by Gasteiger charge is 2.28. The van der Waals surface area contributed by atoms with Crippen LogP contribution in [0.4, 0.5) is 5.69 Å². The van der Waals surface area contributed by atoms with Crippen LogP contribution in [-0.2, 0) is 16.1 Å². The number of carbonyl (C=O) groups excluding carboxylic acids is 2. The molecule has 0 spiro atoms. The number of halogens is 2. The second-order valence-electron chi connectivity index (χ2n) is 5.66. The summed E-state index contributed by atoms with van der Waals surface area (Å²) in [6, 6.07) is 14.6. The topological polar surface area (TPSA) is 73.8 Å². The number of hydrogen-bond acceptors (Lipinski definition) is 5. The van der Waals surface area contributed by atoms with Crippen molar-refractivity contribution >= 4 is 57.6 Å². The van der Waals surface area contributed by atoms with Crippen molar-refractivity contribution in [3.8, 4) is 0 Å². The van der Waals surface area contributed by atoms with Gasteiger partial charge in [-0.15, -0.1) is 5.10 Å². The Kier molecular flexibility index (Phi) is 6.60. The Morgan fingerprint density at radius 2 is 1.96 bits per heavy atom. The zero-order valence-corrected chi connectivity index (χ0v) is 16.4. The average molecular weight is 423 g/mol. The molecule has 1 saturated heterocycles. The van der Waals surface area contributed by atoms with Gasteiger partial charge >= 0.3 is 0 Å². The molecule has 0 atom stereocenters. The smallest absolute Gasteiger partial charge is 0.259 e. The molecule has 2 aromatic rings. The third kappa shape index (κ3) is 5.38. The Balaban J connectivity index is 1.57. The van der Waals surface area contributed by atoms with Crippen LogP contribution >= 0.6 is 35.0 Å². The van der Waals surface area contributed by atoms with Gasteiger partial charge in [0.15, 0.2) is 5.17 Å². The maximum Gasteiger partial charge on any atom is 0.259 e. The molecule has 0 saturated carbocycles. The van der Waals surface area contributed by atoms with E-state index in [0.29, 0.717) is 33.2 Å². The monoisotopic (exact) mass is 422 g/mol. The lowest BCUT2D eigenvalue weighted by atomic mass is 10.2. The maximum atomic E-state index is 12.1. The predicted molar refractivity (Wildman–Crippen MR) is 110 cm³/mol. The number of hydrogen-bond donors (Lipinski definition) is 2. The number of nitrogens with zero attached hydrogens (tertiary/aromatic N) is 2. The first-order valence-electron chi connectivity index (χ1n) is 8.05. The van der Waals surface area contributed by atoms with Gasteiger partial charge in [0.2, 0.25) is 5.91 Å². The number of anilines is 1. The van der Waals surface area contributed by atoms with Crippen molar-refractivity contribution in [1.29, 1.82) is 0 Å². The number of amidine groups is 1. The number of amides is 2. The lowest BCUT2D eigenvalue weighted by Gasteiger charge is -2.16. The molecule has 1 fully saturated rings. The number of rotatable bonds is 6. The van der Waals surface area contributed by atoms with Crippen LogP contribution in [-0.4, -0.2) is 34.2 Å². The van der Waals surface area contributed by atoms with Gasteiger partial charge in [-0.3, -0.25) is 14.5 Å². The second kappa shape index (κ2) is 9.12. The van der Waals surface area contributed by atoms with Gasteiger partial charge in [0.05, 0.1) is 29.6 Å². The minimum absolute atomic E-state index is 0.0336. The van der Waals surface area contributed by atoms with Crippen LogP contribution in [0.15, 0.2) is 53.6 Å². The first-order chi connectivity index (χ1) is 13.0. The van der Waals surface area contributed by atoms with E-state index >= 15 is 0 Å². The second-order valence-corrected chi connectivity index (χ2v) is 7.45. The molecule has 0 radical (unpaired) electrons. The Bertz CT molecular complexity index is 877. The molecular formula is C18H16Cl2N4O2S. The third-order valence-corrected chi connectivity index (χ3v) is 5.21. The van der Waals surface area contributed by atoms with Crippen molar-refractivity contribution < 1.29 is 9.59 Å². The summed E-state index contributed by atoms with van der Waals surface area (Å²) in [7, 11) is 0. The number of nitrogens with one attached hydrogen (secondary N) is 2. The lowest BCUT2D eigenvalue weighted by Crippen LogP contribution is -2.32. The largest absolute Gasteiger partial charge is 0.375 e. The first-order valence-corrected chi connectivity index (χ1v) is 9.79. The fourth-order valence-electron chi connectivity index (χ4n) is 2.36. The molecule has 2 N–H and O–H groups in total. The predicted octanol–water partition coefficient (Wildman–Crippen LogP) is 3.57. The van der Waals surface area contributed by atoms with Crippen molar-refractivity contribution in [2.75, 3.05) is 17.6 Å². The van der Waals surface area contributed by atoms with Crippen LogP contribution < -0.4 is 10.7 Å². The molecule has 2 aromatic carbocycles. The minimum Gasteiger partial charge on any atom is -0.375 e. The fourth-order valence-corrected chi connectivity index (χ4v) is 3.56. The normalized spacial score (nSPS) is 15.3. The molecule has 27 heavy (non-hydrogen) atoms. The zero-order valence-electron chi connectivity index (χ0n) is 14.1. The summed E-state index contributed by atoms with van der Waals surface area (Å²) in [6.07, 6.45) is 0. The summed E-state index contributed by atoms with van der Waals surface area (Å²) in [4.78, 5) is 25.7. The molecular weight excluding hydrogens is 407 g/mol. The molecule has 1 heterocycles. The van der Waals surface area contributed by atoms with E-state index in [1.807, 2.05) is 30.3 Å². The summed E-state index contributed by atoms with van der Waals surface area (Å²) in [5, 5.41) is 8.44. The van der Waals surface area contributed by atoms with Crippen molar-refractivity contribution in [2.45, 2.75) is 6.54 Å². The molecule has 0 unspecified atom stereocenters. The molecule has 3 rings (SSSR count). The van der Waals surface area contributed by atoms with E-state index in [0.717, 1.165) is 5.56 Å². The zero-order chi connectivity index (χ0) is 19.2. The Morgan fingerprint density at radius 1 is 1.19 bits per heavy atom. The van der Waals surface area contributed by atoms with Gasteiger partial charge in [-0.05, 0) is 23.8 Å². The van der Waals surface area contributed by atoms with Gasteiger partial charge in [0, 0.05) is 5.02 Å². The Labute approximate surface area is 170 Å². The molecule has 140 valence electrons. The number of benzene rings is 2. The van der Waals surface area contributed by atoms with Gasteiger partial charge in [-0.25, -0.2) is 5.43 Å². The highest BCUT2D eigenvalue weighted by atomic mass is 35.5. The van der Waals surface area contributed by atoms with Crippen LogP contribution in [0.5, 0.6) is 0 Å². The van der Waals surface area contributed by atoms with E-state index in [1.165, 1.54) is 11.8 Å². The molecule has 0 aliphatic carbocycles. The average Bonchev–Trinajstić information content (AvgIpc) is 3.01. The number of hydrazone groups is 1. The molecule has 9 heteroatoms. The first kappa shape index (κ1) is 19.5. The minimum atomic E-state index is -0.363. The molecule has 0 aromatic heterocycles. The summed E-state index contributed by atoms with van der Waals surface area (Å²) in [5.41, 5.74) is 4.01. The Morgan fingerprint density at radius 3 is 2.74 bits per heavy atom. The summed E-state index contributed by atoms with van der Waals surface area (Å²) in [5.74, 6) is -0.100. The molecule has 2 amide bonds. The van der Waals surface area contributed by atoms with Crippen LogP contribution in [0.2, 0.25) is 10.0 Å². The van der Waals surface area contributed by atoms with Crippen LogP contribution in [0, 0.1) is 0 Å². The highest BCUT2D eigenvalue weighted by molar-refractivity contribution is 8.15. The van der Waals surface area contributed by atoms with E-state index in [-0.39, 0.29) is 18.4 Å².